The number of nitrogens with zero attached hydrogens (tertiary/aromatic N) is 1. The third-order valence-electron chi connectivity index (χ3n) is 4.92. The van der Waals surface area contributed by atoms with Crippen LogP contribution in [0.4, 0.5) is 0 Å². The van der Waals surface area contributed by atoms with Gasteiger partial charge in [-0.05, 0) is 25.5 Å². The number of carbonyl (C=O) groups excluding carboxylic acids is 3. The van der Waals surface area contributed by atoms with Gasteiger partial charge in [0.1, 0.15) is 11.3 Å². The third kappa shape index (κ3) is 2.03. The molecule has 4 atom stereocenters. The lowest BCUT2D eigenvalue weighted by Crippen LogP contribution is -2.55. The van der Waals surface area contributed by atoms with Crippen LogP contribution in [0, 0.1) is 11.8 Å². The Morgan fingerprint density at radius 2 is 2.13 bits per heavy atom. The van der Waals surface area contributed by atoms with E-state index in [9.17, 15) is 14.4 Å². The first kappa shape index (κ1) is 15.7. The normalized spacial score (nSPS) is 33.2. The molecule has 1 aromatic rings. The summed E-state index contributed by atoms with van der Waals surface area (Å²) >= 11 is 0. The molecule has 2 aliphatic heterocycles. The van der Waals surface area contributed by atoms with Crippen molar-refractivity contribution in [2.75, 3.05) is 13.7 Å². The quantitative estimate of drug-likeness (QED) is 0.654. The molecule has 0 saturated carbocycles. The molecule has 2 amide bonds. The van der Waals surface area contributed by atoms with Crippen LogP contribution in [-0.2, 0) is 19.1 Å². The highest BCUT2D eigenvalue weighted by Crippen LogP contribution is 2.50. The minimum Gasteiger partial charge on any atom is -0.468 e. The molecule has 3 rings (SSSR count). The molecule has 2 saturated heterocycles. The molecule has 0 aromatic carbocycles. The zero-order valence-corrected chi connectivity index (χ0v) is 13.4. The highest BCUT2D eigenvalue weighted by atomic mass is 16.5. The molecule has 0 radical (unpaired) electrons. The van der Waals surface area contributed by atoms with E-state index < -0.39 is 29.4 Å². The van der Waals surface area contributed by atoms with Gasteiger partial charge in [-0.1, -0.05) is 6.92 Å². The van der Waals surface area contributed by atoms with E-state index in [1.165, 1.54) is 13.3 Å². The molecule has 7 nitrogen and oxygen atoms in total. The summed E-state index contributed by atoms with van der Waals surface area (Å²) in [6.07, 6.45) is 1.85. The van der Waals surface area contributed by atoms with Gasteiger partial charge in [-0.2, -0.15) is 0 Å². The van der Waals surface area contributed by atoms with Crippen LogP contribution < -0.4 is 5.32 Å². The lowest BCUT2D eigenvalue weighted by molar-refractivity contribution is -0.156. The minimum atomic E-state index is -1.21. The summed E-state index contributed by atoms with van der Waals surface area (Å²) in [5.74, 6) is -2.05. The van der Waals surface area contributed by atoms with Gasteiger partial charge >= 0.3 is 5.97 Å². The van der Waals surface area contributed by atoms with E-state index in [1.54, 1.807) is 19.1 Å². The topological polar surface area (TPSA) is 88.8 Å². The number of nitrogens with one attached hydrogen (secondary N) is 1. The van der Waals surface area contributed by atoms with Crippen LogP contribution in [0.2, 0.25) is 0 Å². The number of imide groups is 1. The average molecular weight is 320 g/mol. The molecule has 0 aliphatic carbocycles. The van der Waals surface area contributed by atoms with Gasteiger partial charge < -0.3 is 9.15 Å². The Labute approximate surface area is 134 Å². The minimum absolute atomic E-state index is 0.211. The predicted molar refractivity (Wildman–Crippen MR) is 79.0 cm³/mol. The number of hydrogen-bond acceptors (Lipinski definition) is 6. The van der Waals surface area contributed by atoms with E-state index >= 15 is 0 Å². The van der Waals surface area contributed by atoms with Crippen molar-refractivity contribution in [3.63, 3.8) is 0 Å². The standard InChI is InChI=1S/C16H20N2O5/c1-4-16(15(21)22-5-2)11-10(13(19)18(3)14(11)20)12(17-16)9-7-6-8-23-9/h6-8,10-12,17H,4-5H2,1-3H3/t10-,11-,12-,16-/m1/s1. The molecule has 2 aliphatic rings. The van der Waals surface area contributed by atoms with Crippen molar-refractivity contribution in [1.82, 2.24) is 10.2 Å². The third-order valence-corrected chi connectivity index (χ3v) is 4.92. The number of likely N-dealkylation sites (tertiary alicyclic amines) is 1. The first-order valence-electron chi connectivity index (χ1n) is 7.77. The molecule has 2 fully saturated rings. The number of carbonyl (C=O) groups is 3. The highest BCUT2D eigenvalue weighted by molar-refractivity contribution is 6.09. The van der Waals surface area contributed by atoms with Gasteiger partial charge in [-0.25, -0.2) is 0 Å². The van der Waals surface area contributed by atoms with Crippen LogP contribution in [0.1, 0.15) is 32.1 Å². The molecule has 0 unspecified atom stereocenters. The molecule has 7 heteroatoms. The van der Waals surface area contributed by atoms with Crippen LogP contribution >= 0.6 is 0 Å². The zero-order valence-electron chi connectivity index (χ0n) is 13.4. The Kier molecular flexibility index (Phi) is 3.75. The van der Waals surface area contributed by atoms with E-state index in [4.69, 9.17) is 9.15 Å². The second-order valence-corrected chi connectivity index (χ2v) is 5.92. The number of amides is 2. The maximum Gasteiger partial charge on any atom is 0.327 e. The van der Waals surface area contributed by atoms with E-state index in [2.05, 4.69) is 5.32 Å². The van der Waals surface area contributed by atoms with Gasteiger partial charge in [0.15, 0.2) is 0 Å². The van der Waals surface area contributed by atoms with Gasteiger partial charge in [0.2, 0.25) is 11.8 Å². The van der Waals surface area contributed by atoms with Gasteiger partial charge in [-0.15, -0.1) is 0 Å². The van der Waals surface area contributed by atoms with Crippen LogP contribution in [0.3, 0.4) is 0 Å². The maximum atomic E-state index is 12.6. The maximum absolute atomic E-state index is 12.6. The van der Waals surface area contributed by atoms with E-state index in [-0.39, 0.29) is 18.4 Å². The van der Waals surface area contributed by atoms with Crippen molar-refractivity contribution < 1.29 is 23.5 Å². The second kappa shape index (κ2) is 5.49. The molecular weight excluding hydrogens is 300 g/mol. The number of rotatable bonds is 4. The van der Waals surface area contributed by atoms with E-state index in [0.717, 1.165) is 4.90 Å². The first-order valence-corrected chi connectivity index (χ1v) is 7.77. The fraction of sp³-hybridized carbons (Fsp3) is 0.562. The average Bonchev–Trinajstić information content (AvgIpc) is 3.22. The molecule has 124 valence electrons. The lowest BCUT2D eigenvalue weighted by Gasteiger charge is -2.31. The lowest BCUT2D eigenvalue weighted by atomic mass is 9.78. The van der Waals surface area contributed by atoms with E-state index in [1.807, 2.05) is 6.92 Å². The second-order valence-electron chi connectivity index (χ2n) is 5.92. The molecule has 0 bridgehead atoms. The SMILES string of the molecule is CCOC(=O)[C@]1(CC)N[C@H](c2ccco2)[C@@H]2C(=O)N(C)C(=O)[C@@H]21. The summed E-state index contributed by atoms with van der Waals surface area (Å²) in [7, 11) is 1.45. The summed E-state index contributed by atoms with van der Waals surface area (Å²) in [5, 5.41) is 3.19. The first-order chi connectivity index (χ1) is 11.0. The van der Waals surface area contributed by atoms with Crippen molar-refractivity contribution in [2.45, 2.75) is 31.8 Å². The van der Waals surface area contributed by atoms with Crippen molar-refractivity contribution in [3.05, 3.63) is 24.2 Å². The fourth-order valence-electron chi connectivity index (χ4n) is 3.77. The van der Waals surface area contributed by atoms with Gasteiger partial charge in [0.05, 0.1) is 30.7 Å². The van der Waals surface area contributed by atoms with E-state index in [0.29, 0.717) is 12.2 Å². The van der Waals surface area contributed by atoms with Crippen molar-refractivity contribution >= 4 is 17.8 Å². The Morgan fingerprint density at radius 3 is 2.70 bits per heavy atom. The van der Waals surface area contributed by atoms with Crippen LogP contribution in [0.15, 0.2) is 22.8 Å². The van der Waals surface area contributed by atoms with Gasteiger partial charge in [-0.3, -0.25) is 24.6 Å². The Hall–Kier alpha value is -2.15. The Balaban J connectivity index is 2.10. The summed E-state index contributed by atoms with van der Waals surface area (Å²) in [6, 6.07) is 2.93. The highest BCUT2D eigenvalue weighted by Gasteiger charge is 2.68. The van der Waals surface area contributed by atoms with Crippen LogP contribution in [0.25, 0.3) is 0 Å². The summed E-state index contributed by atoms with van der Waals surface area (Å²) in [6.45, 7) is 3.73. The summed E-state index contributed by atoms with van der Waals surface area (Å²) < 4.78 is 10.6. The van der Waals surface area contributed by atoms with Crippen LogP contribution in [-0.4, -0.2) is 41.9 Å². The number of hydrogen-bond donors (Lipinski definition) is 1. The fourth-order valence-corrected chi connectivity index (χ4v) is 3.77. The zero-order chi connectivity index (χ0) is 16.8. The van der Waals surface area contributed by atoms with Gasteiger partial charge in [0, 0.05) is 7.05 Å². The molecular formula is C16H20N2O5. The monoisotopic (exact) mass is 320 g/mol. The smallest absolute Gasteiger partial charge is 0.327 e. The number of furan rings is 1. The van der Waals surface area contributed by atoms with Crippen molar-refractivity contribution in [1.29, 1.82) is 0 Å². The summed E-state index contributed by atoms with van der Waals surface area (Å²) in [5.41, 5.74) is -1.21. The number of ether oxygens (including phenoxy) is 1. The van der Waals surface area contributed by atoms with Crippen LogP contribution in [0.5, 0.6) is 0 Å². The Morgan fingerprint density at radius 1 is 1.39 bits per heavy atom. The Bertz CT molecular complexity index is 641. The van der Waals surface area contributed by atoms with Crippen molar-refractivity contribution in [3.8, 4) is 0 Å². The predicted octanol–water partition coefficient (Wildman–Crippen LogP) is 0.867. The molecule has 1 aromatic heterocycles. The molecule has 0 spiro atoms. The van der Waals surface area contributed by atoms with Crippen molar-refractivity contribution in [2.24, 2.45) is 11.8 Å². The number of fused-ring (bicyclic) bond motifs is 1. The molecule has 1 N–H and O–H groups in total. The summed E-state index contributed by atoms with van der Waals surface area (Å²) in [4.78, 5) is 38.9. The van der Waals surface area contributed by atoms with Gasteiger partial charge in [0.25, 0.3) is 0 Å². The largest absolute Gasteiger partial charge is 0.468 e. The number of esters is 1. The molecule has 23 heavy (non-hydrogen) atoms. The molecule has 3 heterocycles.